The Balaban J connectivity index is 2.54. The highest BCUT2D eigenvalue weighted by Crippen LogP contribution is 2.26. The third-order valence-electron chi connectivity index (χ3n) is 2.74. The Kier molecular flexibility index (Phi) is 3.82. The van der Waals surface area contributed by atoms with E-state index in [9.17, 15) is 13.2 Å². The summed E-state index contributed by atoms with van der Waals surface area (Å²) in [6, 6.07) is 0.196. The van der Waals surface area contributed by atoms with E-state index in [1.165, 1.54) is 10.9 Å². The first-order valence-electron chi connectivity index (χ1n) is 5.57. The highest BCUT2D eigenvalue weighted by atomic mass is 19.1. The van der Waals surface area contributed by atoms with Crippen molar-refractivity contribution in [2.24, 2.45) is 5.84 Å². The summed E-state index contributed by atoms with van der Waals surface area (Å²) in [4.78, 5) is 0. The fraction of sp³-hybridized carbons (Fsp3) is 0.273. The summed E-state index contributed by atoms with van der Waals surface area (Å²) in [6.45, 7) is 2.25. The standard InChI is InChI=1S/C11H12F3N5/c1-2-19-9(5-16-18-19)11(17-15)10-7(13)3-6(12)4-8(10)14/h3-5,11,17H,2,15H2,1H3. The Morgan fingerprint density at radius 3 is 2.47 bits per heavy atom. The van der Waals surface area contributed by atoms with Gasteiger partial charge in [0.05, 0.1) is 17.9 Å². The van der Waals surface area contributed by atoms with Gasteiger partial charge in [0.25, 0.3) is 0 Å². The van der Waals surface area contributed by atoms with Gasteiger partial charge < -0.3 is 0 Å². The molecule has 1 atom stereocenters. The zero-order valence-electron chi connectivity index (χ0n) is 10.1. The van der Waals surface area contributed by atoms with E-state index in [2.05, 4.69) is 15.7 Å². The van der Waals surface area contributed by atoms with Gasteiger partial charge >= 0.3 is 0 Å². The van der Waals surface area contributed by atoms with Crippen LogP contribution in [0.3, 0.4) is 0 Å². The molecule has 1 unspecified atom stereocenters. The molecule has 0 spiro atoms. The first kappa shape index (κ1) is 13.5. The number of aryl methyl sites for hydroxylation is 1. The van der Waals surface area contributed by atoms with Crippen LogP contribution in [0.5, 0.6) is 0 Å². The summed E-state index contributed by atoms with van der Waals surface area (Å²) in [5.41, 5.74) is 2.30. The van der Waals surface area contributed by atoms with Gasteiger partial charge in [-0.05, 0) is 6.92 Å². The van der Waals surface area contributed by atoms with Crippen molar-refractivity contribution in [2.75, 3.05) is 0 Å². The molecule has 1 heterocycles. The Morgan fingerprint density at radius 2 is 1.95 bits per heavy atom. The van der Waals surface area contributed by atoms with Crippen molar-refractivity contribution >= 4 is 0 Å². The van der Waals surface area contributed by atoms with Crippen LogP contribution in [0.15, 0.2) is 18.3 Å². The van der Waals surface area contributed by atoms with E-state index >= 15 is 0 Å². The molecule has 0 radical (unpaired) electrons. The van der Waals surface area contributed by atoms with Gasteiger partial charge in [-0.15, -0.1) is 5.10 Å². The van der Waals surface area contributed by atoms with Crippen molar-refractivity contribution in [2.45, 2.75) is 19.5 Å². The van der Waals surface area contributed by atoms with Crippen LogP contribution in [-0.2, 0) is 6.54 Å². The van der Waals surface area contributed by atoms with Gasteiger partial charge in [-0.25, -0.2) is 23.3 Å². The van der Waals surface area contributed by atoms with Crippen LogP contribution in [0, 0.1) is 17.5 Å². The van der Waals surface area contributed by atoms with Gasteiger partial charge in [0, 0.05) is 24.2 Å². The number of nitrogens with two attached hydrogens (primary N) is 1. The maximum atomic E-state index is 13.8. The van der Waals surface area contributed by atoms with Crippen LogP contribution >= 0.6 is 0 Å². The Morgan fingerprint density at radius 1 is 1.32 bits per heavy atom. The molecule has 0 saturated heterocycles. The van der Waals surface area contributed by atoms with Crippen molar-refractivity contribution < 1.29 is 13.2 Å². The predicted octanol–water partition coefficient (Wildman–Crippen LogP) is 1.27. The molecule has 5 nitrogen and oxygen atoms in total. The number of nitrogens with one attached hydrogen (secondary N) is 1. The maximum absolute atomic E-state index is 13.8. The lowest BCUT2D eigenvalue weighted by Crippen LogP contribution is -2.32. The minimum atomic E-state index is -1.02. The molecule has 102 valence electrons. The molecule has 3 N–H and O–H groups in total. The molecule has 19 heavy (non-hydrogen) atoms. The normalized spacial score (nSPS) is 12.7. The summed E-state index contributed by atoms with van der Waals surface area (Å²) < 4.78 is 41.8. The number of hydrogen-bond donors (Lipinski definition) is 2. The summed E-state index contributed by atoms with van der Waals surface area (Å²) in [5, 5.41) is 7.42. The lowest BCUT2D eigenvalue weighted by molar-refractivity contribution is 0.471. The van der Waals surface area contributed by atoms with Crippen molar-refractivity contribution in [1.29, 1.82) is 0 Å². The topological polar surface area (TPSA) is 68.8 Å². The monoisotopic (exact) mass is 271 g/mol. The van der Waals surface area contributed by atoms with Crippen molar-refractivity contribution in [1.82, 2.24) is 20.4 Å². The van der Waals surface area contributed by atoms with Gasteiger partial charge in [-0.1, -0.05) is 5.21 Å². The molecule has 8 heteroatoms. The van der Waals surface area contributed by atoms with Crippen LogP contribution in [0.1, 0.15) is 24.2 Å². The number of rotatable bonds is 4. The van der Waals surface area contributed by atoms with Crippen molar-refractivity contribution in [3.8, 4) is 0 Å². The first-order chi connectivity index (χ1) is 9.08. The molecule has 0 saturated carbocycles. The summed E-state index contributed by atoms with van der Waals surface area (Å²) in [5.74, 6) is 2.31. The lowest BCUT2D eigenvalue weighted by Gasteiger charge is -2.18. The zero-order valence-corrected chi connectivity index (χ0v) is 10.1. The lowest BCUT2D eigenvalue weighted by atomic mass is 10.0. The Labute approximate surface area is 107 Å². The Hall–Kier alpha value is -1.93. The molecule has 0 fully saturated rings. The molecule has 0 aliphatic rings. The minimum absolute atomic E-state index is 0.374. The van der Waals surface area contributed by atoms with Crippen LogP contribution in [0.4, 0.5) is 13.2 Å². The SMILES string of the molecule is CCn1nncc1C(NN)c1c(F)cc(F)cc1F. The van der Waals surface area contributed by atoms with Crippen molar-refractivity contribution in [3.63, 3.8) is 0 Å². The molecular weight excluding hydrogens is 259 g/mol. The van der Waals surface area contributed by atoms with Crippen LogP contribution in [-0.4, -0.2) is 15.0 Å². The second-order valence-electron chi connectivity index (χ2n) is 3.86. The molecule has 0 aliphatic heterocycles. The largest absolute Gasteiger partial charge is 0.271 e. The number of benzene rings is 1. The minimum Gasteiger partial charge on any atom is -0.271 e. The average Bonchev–Trinajstić information content (AvgIpc) is 2.81. The van der Waals surface area contributed by atoms with Crippen LogP contribution < -0.4 is 11.3 Å². The third kappa shape index (κ3) is 2.45. The van der Waals surface area contributed by atoms with E-state index in [1.54, 1.807) is 6.92 Å². The molecule has 2 rings (SSSR count). The number of halogens is 3. The molecule has 1 aromatic carbocycles. The fourth-order valence-electron chi connectivity index (χ4n) is 1.88. The summed E-state index contributed by atoms with van der Waals surface area (Å²) >= 11 is 0. The number of hydrazine groups is 1. The van der Waals surface area contributed by atoms with E-state index in [1.807, 2.05) is 0 Å². The van der Waals surface area contributed by atoms with E-state index < -0.39 is 23.5 Å². The van der Waals surface area contributed by atoms with Crippen LogP contribution in [0.25, 0.3) is 0 Å². The van der Waals surface area contributed by atoms with E-state index in [4.69, 9.17) is 5.84 Å². The molecule has 0 bridgehead atoms. The van der Waals surface area contributed by atoms with Gasteiger partial charge in [-0.3, -0.25) is 5.84 Å². The quantitative estimate of drug-likeness (QED) is 0.649. The number of nitrogens with zero attached hydrogens (tertiary/aromatic N) is 3. The zero-order chi connectivity index (χ0) is 14.0. The molecule has 0 amide bonds. The van der Waals surface area contributed by atoms with Crippen LogP contribution in [0.2, 0.25) is 0 Å². The number of aromatic nitrogens is 3. The van der Waals surface area contributed by atoms with Gasteiger partial charge in [-0.2, -0.15) is 0 Å². The second-order valence-corrected chi connectivity index (χ2v) is 3.86. The molecule has 2 aromatic rings. The summed E-state index contributed by atoms with van der Waals surface area (Å²) in [7, 11) is 0. The van der Waals surface area contributed by atoms with Crippen molar-refractivity contribution in [3.05, 3.63) is 47.0 Å². The number of hydrogen-bond acceptors (Lipinski definition) is 4. The molecule has 0 aliphatic carbocycles. The Bertz CT molecular complexity index is 560. The third-order valence-corrected chi connectivity index (χ3v) is 2.74. The van der Waals surface area contributed by atoms with E-state index in [0.717, 1.165) is 0 Å². The predicted molar refractivity (Wildman–Crippen MR) is 61.2 cm³/mol. The fourth-order valence-corrected chi connectivity index (χ4v) is 1.88. The average molecular weight is 271 g/mol. The van der Waals surface area contributed by atoms with E-state index in [0.29, 0.717) is 24.4 Å². The van der Waals surface area contributed by atoms with Gasteiger partial charge in [0.2, 0.25) is 0 Å². The van der Waals surface area contributed by atoms with Gasteiger partial charge in [0.15, 0.2) is 0 Å². The highest BCUT2D eigenvalue weighted by Gasteiger charge is 2.25. The van der Waals surface area contributed by atoms with E-state index in [-0.39, 0.29) is 5.56 Å². The first-order valence-corrected chi connectivity index (χ1v) is 5.57. The maximum Gasteiger partial charge on any atom is 0.134 e. The highest BCUT2D eigenvalue weighted by molar-refractivity contribution is 5.30. The second kappa shape index (κ2) is 5.37. The smallest absolute Gasteiger partial charge is 0.134 e. The molecular formula is C11H12F3N5. The summed E-state index contributed by atoms with van der Waals surface area (Å²) in [6.07, 6.45) is 1.34. The molecule has 1 aromatic heterocycles. The van der Waals surface area contributed by atoms with Gasteiger partial charge in [0.1, 0.15) is 17.5 Å².